The molecule has 0 saturated carbocycles. The normalized spacial score (nSPS) is 16.4. The molecule has 1 aliphatic carbocycles. The first-order valence-electron chi connectivity index (χ1n) is 4.76. The number of aliphatic carboxylic acids is 1. The maximum atomic E-state index is 10.7. The number of carbonyl (C=O) groups is 1. The Labute approximate surface area is 82.0 Å². The van der Waals surface area contributed by atoms with E-state index in [1.165, 1.54) is 5.56 Å². The minimum absolute atomic E-state index is 0.429. The molecular weight excluding hydrogens is 180 g/mol. The van der Waals surface area contributed by atoms with E-state index < -0.39 is 11.9 Å². The Kier molecular flexibility index (Phi) is 2.19. The van der Waals surface area contributed by atoms with Crippen LogP contribution in [0.25, 0.3) is 0 Å². The standard InChI is InChI=1S/C10H12N2O2/c1-6(10(13)14)9-11-5-7-3-2-4-8(7)12-9/h5-6H,2-4H2,1H3,(H,13,14). The van der Waals surface area contributed by atoms with Gasteiger partial charge in [-0.1, -0.05) is 0 Å². The number of rotatable bonds is 2. The topological polar surface area (TPSA) is 63.1 Å². The molecule has 0 radical (unpaired) electrons. The Hall–Kier alpha value is -1.45. The molecule has 0 aromatic carbocycles. The number of carboxylic acid groups (broad SMARTS) is 1. The summed E-state index contributed by atoms with van der Waals surface area (Å²) in [7, 11) is 0. The first kappa shape index (κ1) is 9.12. The minimum atomic E-state index is -0.872. The van der Waals surface area contributed by atoms with Gasteiger partial charge in [-0.3, -0.25) is 4.79 Å². The zero-order chi connectivity index (χ0) is 10.1. The number of hydrogen-bond donors (Lipinski definition) is 1. The van der Waals surface area contributed by atoms with Gasteiger partial charge in [-0.05, 0) is 31.7 Å². The molecule has 2 rings (SSSR count). The van der Waals surface area contributed by atoms with Crippen molar-refractivity contribution in [2.45, 2.75) is 32.1 Å². The zero-order valence-electron chi connectivity index (χ0n) is 8.03. The van der Waals surface area contributed by atoms with Crippen molar-refractivity contribution >= 4 is 5.97 Å². The lowest BCUT2D eigenvalue weighted by Crippen LogP contribution is -2.12. The second-order valence-corrected chi connectivity index (χ2v) is 3.61. The molecule has 0 bridgehead atoms. The number of aryl methyl sites for hydroxylation is 2. The number of nitrogens with zero attached hydrogens (tertiary/aromatic N) is 2. The van der Waals surface area contributed by atoms with Crippen molar-refractivity contribution in [2.24, 2.45) is 0 Å². The van der Waals surface area contributed by atoms with Gasteiger partial charge in [0.05, 0.1) is 0 Å². The maximum Gasteiger partial charge on any atom is 0.313 e. The van der Waals surface area contributed by atoms with E-state index in [0.29, 0.717) is 5.82 Å². The quantitative estimate of drug-likeness (QED) is 0.763. The molecule has 0 amide bonds. The third-order valence-corrected chi connectivity index (χ3v) is 2.59. The monoisotopic (exact) mass is 192 g/mol. The molecule has 74 valence electrons. The van der Waals surface area contributed by atoms with Gasteiger partial charge in [0, 0.05) is 11.9 Å². The van der Waals surface area contributed by atoms with Crippen molar-refractivity contribution in [3.8, 4) is 0 Å². The average molecular weight is 192 g/mol. The summed E-state index contributed by atoms with van der Waals surface area (Å²) in [4.78, 5) is 19.1. The van der Waals surface area contributed by atoms with Crippen molar-refractivity contribution in [1.29, 1.82) is 0 Å². The fourth-order valence-electron chi connectivity index (χ4n) is 1.65. The highest BCUT2D eigenvalue weighted by Gasteiger charge is 2.20. The van der Waals surface area contributed by atoms with Gasteiger partial charge >= 0.3 is 5.97 Å². The van der Waals surface area contributed by atoms with Crippen molar-refractivity contribution in [1.82, 2.24) is 9.97 Å². The van der Waals surface area contributed by atoms with E-state index in [1.807, 2.05) is 0 Å². The number of aromatic nitrogens is 2. The van der Waals surface area contributed by atoms with E-state index >= 15 is 0 Å². The summed E-state index contributed by atoms with van der Waals surface area (Å²) >= 11 is 0. The second-order valence-electron chi connectivity index (χ2n) is 3.61. The molecule has 0 saturated heterocycles. The summed E-state index contributed by atoms with van der Waals surface area (Å²) < 4.78 is 0. The average Bonchev–Trinajstić information content (AvgIpc) is 2.62. The molecular formula is C10H12N2O2. The molecule has 1 heterocycles. The van der Waals surface area contributed by atoms with Crippen LogP contribution in [0.4, 0.5) is 0 Å². The molecule has 14 heavy (non-hydrogen) atoms. The molecule has 4 nitrogen and oxygen atoms in total. The smallest absolute Gasteiger partial charge is 0.313 e. The lowest BCUT2D eigenvalue weighted by atomic mass is 10.1. The van der Waals surface area contributed by atoms with Gasteiger partial charge in [0.15, 0.2) is 0 Å². The summed E-state index contributed by atoms with van der Waals surface area (Å²) in [6.07, 6.45) is 4.85. The summed E-state index contributed by atoms with van der Waals surface area (Å²) in [5.74, 6) is -1.05. The first-order chi connectivity index (χ1) is 6.68. The minimum Gasteiger partial charge on any atom is -0.481 e. The number of fused-ring (bicyclic) bond motifs is 1. The lowest BCUT2D eigenvalue weighted by Gasteiger charge is -2.06. The van der Waals surface area contributed by atoms with Crippen LogP contribution < -0.4 is 0 Å². The maximum absolute atomic E-state index is 10.7. The molecule has 0 aliphatic heterocycles. The largest absolute Gasteiger partial charge is 0.481 e. The van der Waals surface area contributed by atoms with Crippen LogP contribution in [0.1, 0.15) is 36.3 Å². The molecule has 1 unspecified atom stereocenters. The van der Waals surface area contributed by atoms with Gasteiger partial charge in [0.2, 0.25) is 0 Å². The first-order valence-corrected chi connectivity index (χ1v) is 4.76. The van der Waals surface area contributed by atoms with Crippen molar-refractivity contribution < 1.29 is 9.90 Å². The lowest BCUT2D eigenvalue weighted by molar-refractivity contribution is -0.138. The van der Waals surface area contributed by atoms with Crippen LogP contribution in [0.2, 0.25) is 0 Å². The number of carboxylic acids is 1. The van der Waals surface area contributed by atoms with E-state index in [-0.39, 0.29) is 0 Å². The SMILES string of the molecule is CC(C(=O)O)c1ncc2c(n1)CCC2. The molecule has 1 aromatic heterocycles. The van der Waals surface area contributed by atoms with E-state index in [9.17, 15) is 4.79 Å². The summed E-state index contributed by atoms with van der Waals surface area (Å²) in [5.41, 5.74) is 2.20. The third kappa shape index (κ3) is 1.47. The van der Waals surface area contributed by atoms with Gasteiger partial charge in [-0.25, -0.2) is 9.97 Å². The molecule has 1 aromatic rings. The molecule has 0 spiro atoms. The highest BCUT2D eigenvalue weighted by atomic mass is 16.4. The van der Waals surface area contributed by atoms with Crippen LogP contribution in [0.15, 0.2) is 6.20 Å². The number of hydrogen-bond acceptors (Lipinski definition) is 3. The van der Waals surface area contributed by atoms with Crippen LogP contribution in [0.3, 0.4) is 0 Å². The summed E-state index contributed by atoms with van der Waals surface area (Å²) in [6.45, 7) is 1.61. The Morgan fingerprint density at radius 1 is 1.57 bits per heavy atom. The van der Waals surface area contributed by atoms with E-state index in [0.717, 1.165) is 25.0 Å². The fraction of sp³-hybridized carbons (Fsp3) is 0.500. The van der Waals surface area contributed by atoms with E-state index in [2.05, 4.69) is 9.97 Å². The predicted molar refractivity (Wildman–Crippen MR) is 50.1 cm³/mol. The summed E-state index contributed by atoms with van der Waals surface area (Å²) in [5, 5.41) is 8.80. The Balaban J connectivity index is 2.33. The zero-order valence-corrected chi connectivity index (χ0v) is 8.03. The van der Waals surface area contributed by atoms with Gasteiger partial charge in [0.25, 0.3) is 0 Å². The predicted octanol–water partition coefficient (Wildman–Crippen LogP) is 1.15. The van der Waals surface area contributed by atoms with Crippen molar-refractivity contribution in [3.05, 3.63) is 23.3 Å². The van der Waals surface area contributed by atoms with Gasteiger partial charge in [-0.15, -0.1) is 0 Å². The molecule has 1 aliphatic rings. The Bertz CT molecular complexity index is 376. The van der Waals surface area contributed by atoms with Crippen LogP contribution in [-0.4, -0.2) is 21.0 Å². The van der Waals surface area contributed by atoms with Crippen molar-refractivity contribution in [3.63, 3.8) is 0 Å². The fourth-order valence-corrected chi connectivity index (χ4v) is 1.65. The third-order valence-electron chi connectivity index (χ3n) is 2.59. The highest BCUT2D eigenvalue weighted by Crippen LogP contribution is 2.20. The van der Waals surface area contributed by atoms with Crippen molar-refractivity contribution in [2.75, 3.05) is 0 Å². The van der Waals surface area contributed by atoms with E-state index in [1.54, 1.807) is 13.1 Å². The highest BCUT2D eigenvalue weighted by molar-refractivity contribution is 5.74. The van der Waals surface area contributed by atoms with E-state index in [4.69, 9.17) is 5.11 Å². The van der Waals surface area contributed by atoms with Gasteiger partial charge in [0.1, 0.15) is 11.7 Å². The summed E-state index contributed by atoms with van der Waals surface area (Å²) in [6, 6.07) is 0. The Morgan fingerprint density at radius 3 is 3.07 bits per heavy atom. The van der Waals surface area contributed by atoms with Gasteiger partial charge in [-0.2, -0.15) is 0 Å². The Morgan fingerprint density at radius 2 is 2.36 bits per heavy atom. The molecule has 4 heteroatoms. The molecule has 0 fully saturated rings. The van der Waals surface area contributed by atoms with Crippen LogP contribution in [-0.2, 0) is 17.6 Å². The van der Waals surface area contributed by atoms with Crippen LogP contribution >= 0.6 is 0 Å². The van der Waals surface area contributed by atoms with Crippen LogP contribution in [0, 0.1) is 0 Å². The van der Waals surface area contributed by atoms with Crippen LogP contribution in [0.5, 0.6) is 0 Å². The van der Waals surface area contributed by atoms with Gasteiger partial charge < -0.3 is 5.11 Å². The molecule has 1 atom stereocenters. The molecule has 1 N–H and O–H groups in total. The second kappa shape index (κ2) is 3.36.